The van der Waals surface area contributed by atoms with Gasteiger partial charge >= 0.3 is 12.1 Å². The third-order valence-electron chi connectivity index (χ3n) is 4.06. The molecule has 2 aromatic carbocycles. The maximum absolute atomic E-state index is 12.5. The maximum atomic E-state index is 12.5. The van der Waals surface area contributed by atoms with Crippen LogP contribution < -0.4 is 11.1 Å². The molecule has 170 valence electrons. The van der Waals surface area contributed by atoms with Crippen LogP contribution in [0.3, 0.4) is 0 Å². The van der Waals surface area contributed by atoms with Gasteiger partial charge in [-0.3, -0.25) is 0 Å². The first kappa shape index (κ1) is 25.2. The minimum absolute atomic E-state index is 0.0751. The van der Waals surface area contributed by atoms with Crippen LogP contribution in [0.4, 0.5) is 30.6 Å². The van der Waals surface area contributed by atoms with Crippen molar-refractivity contribution in [1.82, 2.24) is 9.97 Å². The molecular formula is C21H19Cl2F3N4O2. The van der Waals surface area contributed by atoms with E-state index in [2.05, 4.69) is 26.9 Å². The zero-order valence-electron chi connectivity index (χ0n) is 17.0. The number of halogens is 5. The molecule has 0 saturated carbocycles. The fraction of sp³-hybridized carbons (Fsp3) is 0.190. The van der Waals surface area contributed by atoms with Gasteiger partial charge in [0.25, 0.3) is 0 Å². The zero-order valence-corrected chi connectivity index (χ0v) is 18.5. The van der Waals surface area contributed by atoms with Crippen molar-refractivity contribution in [2.75, 3.05) is 18.2 Å². The van der Waals surface area contributed by atoms with Crippen LogP contribution in [-0.2, 0) is 17.3 Å². The normalized spacial score (nSPS) is 10.7. The number of nitrogens with two attached hydrogens (primary N) is 1. The molecule has 1 heterocycles. The zero-order chi connectivity index (χ0) is 23.9. The number of ether oxygens (including phenoxy) is 1. The molecule has 3 N–H and O–H groups in total. The van der Waals surface area contributed by atoms with Crippen molar-refractivity contribution in [3.63, 3.8) is 0 Å². The van der Waals surface area contributed by atoms with Gasteiger partial charge in [-0.1, -0.05) is 42.3 Å². The highest BCUT2D eigenvalue weighted by atomic mass is 35.5. The first-order valence-electron chi connectivity index (χ1n) is 9.14. The Morgan fingerprint density at radius 3 is 2.44 bits per heavy atom. The molecule has 0 aliphatic carbocycles. The predicted molar refractivity (Wildman–Crippen MR) is 118 cm³/mol. The SMILES string of the molecule is CCc1cccc(C(=O)OC)c1.Nc1nc(Nc2ccc(Cl)c(Cl)c2)ncc1C(F)(F)F. The van der Waals surface area contributed by atoms with E-state index >= 15 is 0 Å². The van der Waals surface area contributed by atoms with Crippen molar-refractivity contribution in [2.24, 2.45) is 0 Å². The summed E-state index contributed by atoms with van der Waals surface area (Å²) in [6, 6.07) is 12.1. The Kier molecular flexibility index (Phi) is 8.68. The highest BCUT2D eigenvalue weighted by Crippen LogP contribution is 2.33. The van der Waals surface area contributed by atoms with E-state index in [0.717, 1.165) is 12.0 Å². The first-order chi connectivity index (χ1) is 15.0. The van der Waals surface area contributed by atoms with Crippen LogP contribution in [0.5, 0.6) is 0 Å². The fourth-order valence-corrected chi connectivity index (χ4v) is 2.71. The van der Waals surface area contributed by atoms with Gasteiger partial charge in [-0.05, 0) is 42.3 Å². The quantitative estimate of drug-likeness (QED) is 0.429. The molecule has 0 unspecified atom stereocenters. The van der Waals surface area contributed by atoms with Gasteiger partial charge in [-0.25, -0.2) is 9.78 Å². The highest BCUT2D eigenvalue weighted by molar-refractivity contribution is 6.42. The van der Waals surface area contributed by atoms with Crippen LogP contribution in [-0.4, -0.2) is 23.0 Å². The molecule has 0 amide bonds. The Bertz CT molecular complexity index is 1090. The lowest BCUT2D eigenvalue weighted by Gasteiger charge is -2.10. The number of hydrogen-bond donors (Lipinski definition) is 2. The molecule has 0 radical (unpaired) electrons. The molecule has 1 aromatic heterocycles. The fourth-order valence-electron chi connectivity index (χ4n) is 2.41. The number of rotatable bonds is 4. The Morgan fingerprint density at radius 2 is 1.88 bits per heavy atom. The molecule has 3 rings (SSSR count). The number of nitrogens with one attached hydrogen (secondary N) is 1. The second kappa shape index (κ2) is 11.0. The lowest BCUT2D eigenvalue weighted by atomic mass is 10.1. The number of nitrogens with zero attached hydrogens (tertiary/aromatic N) is 2. The first-order valence-corrected chi connectivity index (χ1v) is 9.89. The smallest absolute Gasteiger partial charge is 0.421 e. The Balaban J connectivity index is 0.000000258. The molecule has 0 spiro atoms. The van der Waals surface area contributed by atoms with Gasteiger partial charge in [-0.15, -0.1) is 0 Å². The molecule has 0 fully saturated rings. The van der Waals surface area contributed by atoms with Crippen molar-refractivity contribution in [3.8, 4) is 0 Å². The second-order valence-corrected chi connectivity index (χ2v) is 7.10. The number of alkyl halides is 3. The molecular weight excluding hydrogens is 468 g/mol. The minimum atomic E-state index is -4.59. The van der Waals surface area contributed by atoms with Gasteiger partial charge in [0.15, 0.2) is 0 Å². The number of benzene rings is 2. The number of aromatic nitrogens is 2. The van der Waals surface area contributed by atoms with Crippen molar-refractivity contribution in [2.45, 2.75) is 19.5 Å². The number of methoxy groups -OCH3 is 1. The predicted octanol–water partition coefficient (Wildman–Crippen LogP) is 6.16. The van der Waals surface area contributed by atoms with Crippen LogP contribution >= 0.6 is 23.2 Å². The standard InChI is InChI=1S/C11H7Cl2F3N4.C10H12O2/c12-7-2-1-5(3-8(7)13)19-10-18-4-6(9(17)20-10)11(14,15)16;1-3-8-5-4-6-9(7-8)10(11)12-2/h1-4H,(H3,17,18,19,20);4-7H,3H2,1-2H3. The average Bonchev–Trinajstić information content (AvgIpc) is 2.75. The molecule has 0 aliphatic rings. The molecule has 3 aromatic rings. The van der Waals surface area contributed by atoms with E-state index in [-0.39, 0.29) is 16.9 Å². The summed E-state index contributed by atoms with van der Waals surface area (Å²) >= 11 is 11.6. The summed E-state index contributed by atoms with van der Waals surface area (Å²) in [5, 5.41) is 3.32. The van der Waals surface area contributed by atoms with Crippen molar-refractivity contribution >= 4 is 46.6 Å². The number of carbonyl (C=O) groups excluding carboxylic acids is 1. The topological polar surface area (TPSA) is 90.1 Å². The molecule has 0 atom stereocenters. The summed E-state index contributed by atoms with van der Waals surface area (Å²) in [4.78, 5) is 18.2. The number of hydrogen-bond acceptors (Lipinski definition) is 6. The Labute approximate surface area is 192 Å². The number of nitrogen functional groups attached to an aromatic ring is 1. The molecule has 0 saturated heterocycles. The van der Waals surface area contributed by atoms with Gasteiger partial charge in [0.1, 0.15) is 11.4 Å². The van der Waals surface area contributed by atoms with Crippen molar-refractivity contribution in [3.05, 3.63) is 75.4 Å². The largest absolute Gasteiger partial charge is 0.465 e. The average molecular weight is 487 g/mol. The van der Waals surface area contributed by atoms with E-state index in [1.54, 1.807) is 12.1 Å². The number of esters is 1. The third-order valence-corrected chi connectivity index (χ3v) is 4.79. The van der Waals surface area contributed by atoms with E-state index in [1.807, 2.05) is 18.2 Å². The van der Waals surface area contributed by atoms with Crippen LogP contribution in [0.15, 0.2) is 48.7 Å². The van der Waals surface area contributed by atoms with Crippen molar-refractivity contribution < 1.29 is 22.7 Å². The summed E-state index contributed by atoms with van der Waals surface area (Å²) in [6.07, 6.45) is -3.04. The molecule has 11 heteroatoms. The van der Waals surface area contributed by atoms with Gasteiger partial charge in [-0.2, -0.15) is 18.2 Å². The molecule has 0 bridgehead atoms. The molecule has 6 nitrogen and oxygen atoms in total. The highest BCUT2D eigenvalue weighted by Gasteiger charge is 2.34. The number of aryl methyl sites for hydroxylation is 1. The van der Waals surface area contributed by atoms with Gasteiger partial charge < -0.3 is 15.8 Å². The Hall–Kier alpha value is -3.04. The Morgan fingerprint density at radius 1 is 1.16 bits per heavy atom. The van der Waals surface area contributed by atoms with E-state index < -0.39 is 17.6 Å². The second-order valence-electron chi connectivity index (χ2n) is 6.29. The summed E-state index contributed by atoms with van der Waals surface area (Å²) in [5.74, 6) is -1.01. The maximum Gasteiger partial charge on any atom is 0.421 e. The summed E-state index contributed by atoms with van der Waals surface area (Å²) < 4.78 is 42.1. The van der Waals surface area contributed by atoms with Gasteiger partial charge in [0.2, 0.25) is 5.95 Å². The van der Waals surface area contributed by atoms with E-state index in [1.165, 1.54) is 19.2 Å². The summed E-state index contributed by atoms with van der Waals surface area (Å²) in [5.41, 5.74) is 6.41. The number of carbonyl (C=O) groups is 1. The molecule has 0 aliphatic heterocycles. The lowest BCUT2D eigenvalue weighted by Crippen LogP contribution is -2.12. The van der Waals surface area contributed by atoms with Crippen LogP contribution in [0.1, 0.15) is 28.4 Å². The molecule has 32 heavy (non-hydrogen) atoms. The summed E-state index contributed by atoms with van der Waals surface area (Å²) in [6.45, 7) is 2.05. The van der Waals surface area contributed by atoms with Gasteiger partial charge in [0.05, 0.1) is 22.7 Å². The monoisotopic (exact) mass is 486 g/mol. The van der Waals surface area contributed by atoms with Crippen LogP contribution in [0.2, 0.25) is 10.0 Å². The van der Waals surface area contributed by atoms with Crippen molar-refractivity contribution in [1.29, 1.82) is 0 Å². The summed E-state index contributed by atoms with van der Waals surface area (Å²) in [7, 11) is 1.39. The van der Waals surface area contributed by atoms with E-state index in [0.29, 0.717) is 22.5 Å². The van der Waals surface area contributed by atoms with Crippen LogP contribution in [0, 0.1) is 0 Å². The number of anilines is 3. The van der Waals surface area contributed by atoms with Gasteiger partial charge in [0, 0.05) is 11.9 Å². The minimum Gasteiger partial charge on any atom is -0.465 e. The van der Waals surface area contributed by atoms with Crippen LogP contribution in [0.25, 0.3) is 0 Å². The third kappa shape index (κ3) is 7.00. The lowest BCUT2D eigenvalue weighted by molar-refractivity contribution is -0.137. The van der Waals surface area contributed by atoms with E-state index in [9.17, 15) is 18.0 Å². The van der Waals surface area contributed by atoms with E-state index in [4.69, 9.17) is 28.9 Å².